The molecule has 0 radical (unpaired) electrons. The summed E-state index contributed by atoms with van der Waals surface area (Å²) >= 11 is 0. The molecule has 0 aromatic heterocycles. The Morgan fingerprint density at radius 1 is 1.44 bits per heavy atom. The standard InChI is InChI=1S/C12H16N2O4/c15-7-9-6-10(14(17)18)3-4-12(9)13-5-1-2-11(13)8-16/h3-4,6,11,15-16H,1-2,5,7-8H2. The fourth-order valence-electron chi connectivity index (χ4n) is 2.43. The molecular formula is C12H16N2O4. The second-order valence-electron chi connectivity index (χ2n) is 4.40. The van der Waals surface area contributed by atoms with Crippen LogP contribution in [0.3, 0.4) is 0 Å². The van der Waals surface area contributed by atoms with Crippen molar-refractivity contribution >= 4 is 11.4 Å². The van der Waals surface area contributed by atoms with E-state index in [9.17, 15) is 20.3 Å². The molecule has 1 aromatic carbocycles. The summed E-state index contributed by atoms with van der Waals surface area (Å²) in [5.41, 5.74) is 1.28. The Kier molecular flexibility index (Phi) is 3.78. The lowest BCUT2D eigenvalue weighted by Gasteiger charge is -2.27. The van der Waals surface area contributed by atoms with Crippen molar-refractivity contribution in [1.82, 2.24) is 0 Å². The van der Waals surface area contributed by atoms with Crippen molar-refractivity contribution in [1.29, 1.82) is 0 Å². The second kappa shape index (κ2) is 5.32. The molecule has 2 rings (SSSR count). The van der Waals surface area contributed by atoms with Crippen LogP contribution in [0.4, 0.5) is 11.4 Å². The molecule has 0 saturated carbocycles. The molecule has 1 heterocycles. The van der Waals surface area contributed by atoms with E-state index < -0.39 is 4.92 Å². The summed E-state index contributed by atoms with van der Waals surface area (Å²) in [6.07, 6.45) is 1.88. The molecule has 6 heteroatoms. The van der Waals surface area contributed by atoms with E-state index in [1.165, 1.54) is 12.1 Å². The van der Waals surface area contributed by atoms with Gasteiger partial charge >= 0.3 is 0 Å². The molecular weight excluding hydrogens is 236 g/mol. The van der Waals surface area contributed by atoms with E-state index in [4.69, 9.17) is 0 Å². The molecule has 1 aliphatic heterocycles. The van der Waals surface area contributed by atoms with Crippen molar-refractivity contribution in [2.45, 2.75) is 25.5 Å². The first-order chi connectivity index (χ1) is 8.67. The number of nitrogens with zero attached hydrogens (tertiary/aromatic N) is 2. The predicted molar refractivity (Wildman–Crippen MR) is 66.5 cm³/mol. The lowest BCUT2D eigenvalue weighted by atomic mass is 10.1. The van der Waals surface area contributed by atoms with Gasteiger partial charge in [-0.25, -0.2) is 0 Å². The molecule has 1 aliphatic rings. The van der Waals surface area contributed by atoms with Gasteiger partial charge in [-0.1, -0.05) is 0 Å². The molecule has 0 bridgehead atoms. The maximum atomic E-state index is 10.7. The number of hydrogen-bond acceptors (Lipinski definition) is 5. The van der Waals surface area contributed by atoms with Crippen LogP contribution in [-0.4, -0.2) is 34.3 Å². The van der Waals surface area contributed by atoms with E-state index in [-0.39, 0.29) is 24.9 Å². The Morgan fingerprint density at radius 3 is 2.83 bits per heavy atom. The summed E-state index contributed by atoms with van der Waals surface area (Å²) < 4.78 is 0. The van der Waals surface area contributed by atoms with E-state index in [2.05, 4.69) is 0 Å². The quantitative estimate of drug-likeness (QED) is 0.617. The van der Waals surface area contributed by atoms with Gasteiger partial charge in [-0.15, -0.1) is 0 Å². The molecule has 6 nitrogen and oxygen atoms in total. The predicted octanol–water partition coefficient (Wildman–Crippen LogP) is 1.05. The summed E-state index contributed by atoms with van der Waals surface area (Å²) in [5.74, 6) is 0. The van der Waals surface area contributed by atoms with Gasteiger partial charge in [0.2, 0.25) is 0 Å². The van der Waals surface area contributed by atoms with Crippen molar-refractivity contribution in [3.63, 3.8) is 0 Å². The van der Waals surface area contributed by atoms with Gasteiger partial charge in [0.05, 0.1) is 24.2 Å². The van der Waals surface area contributed by atoms with E-state index in [0.717, 1.165) is 25.1 Å². The smallest absolute Gasteiger partial charge is 0.269 e. The Labute approximate surface area is 105 Å². The van der Waals surface area contributed by atoms with Crippen LogP contribution in [0.2, 0.25) is 0 Å². The highest BCUT2D eigenvalue weighted by Gasteiger charge is 2.26. The Bertz CT molecular complexity index is 450. The largest absolute Gasteiger partial charge is 0.394 e. The van der Waals surface area contributed by atoms with Crippen molar-refractivity contribution in [2.75, 3.05) is 18.1 Å². The van der Waals surface area contributed by atoms with Gasteiger partial charge in [0.25, 0.3) is 5.69 Å². The van der Waals surface area contributed by atoms with Gasteiger partial charge in [0, 0.05) is 29.9 Å². The first kappa shape index (κ1) is 12.8. The molecule has 1 aromatic rings. The molecule has 0 spiro atoms. The van der Waals surface area contributed by atoms with Gasteiger partial charge < -0.3 is 15.1 Å². The second-order valence-corrected chi connectivity index (χ2v) is 4.40. The van der Waals surface area contributed by atoms with E-state index >= 15 is 0 Å². The van der Waals surface area contributed by atoms with Gasteiger partial charge in [-0.05, 0) is 18.9 Å². The van der Waals surface area contributed by atoms with Crippen LogP contribution < -0.4 is 4.90 Å². The third-order valence-electron chi connectivity index (χ3n) is 3.34. The average Bonchev–Trinajstić information content (AvgIpc) is 2.85. The maximum Gasteiger partial charge on any atom is 0.269 e. The summed E-state index contributed by atoms with van der Waals surface area (Å²) in [4.78, 5) is 12.2. The van der Waals surface area contributed by atoms with Gasteiger partial charge in [-0.3, -0.25) is 10.1 Å². The SMILES string of the molecule is O=[N+]([O-])c1ccc(N2CCCC2CO)c(CO)c1. The summed E-state index contributed by atoms with van der Waals surface area (Å²) in [6, 6.07) is 4.51. The molecule has 1 saturated heterocycles. The zero-order valence-corrected chi connectivity index (χ0v) is 9.95. The summed E-state index contributed by atoms with van der Waals surface area (Å²) in [6.45, 7) is 0.615. The number of hydrogen-bond donors (Lipinski definition) is 2. The number of aliphatic hydroxyl groups excluding tert-OH is 2. The van der Waals surface area contributed by atoms with Gasteiger partial charge in [0.1, 0.15) is 0 Å². The van der Waals surface area contributed by atoms with Crippen molar-refractivity contribution in [3.8, 4) is 0 Å². The van der Waals surface area contributed by atoms with Crippen LogP contribution >= 0.6 is 0 Å². The van der Waals surface area contributed by atoms with Crippen molar-refractivity contribution in [2.24, 2.45) is 0 Å². The van der Waals surface area contributed by atoms with Crippen LogP contribution in [0, 0.1) is 10.1 Å². The van der Waals surface area contributed by atoms with E-state index in [1.807, 2.05) is 4.90 Å². The molecule has 2 N–H and O–H groups in total. The maximum absolute atomic E-state index is 10.7. The number of nitro benzene ring substituents is 1. The first-order valence-electron chi connectivity index (χ1n) is 5.93. The van der Waals surface area contributed by atoms with Gasteiger partial charge in [-0.2, -0.15) is 0 Å². The highest BCUT2D eigenvalue weighted by atomic mass is 16.6. The minimum atomic E-state index is -0.476. The fourth-order valence-corrected chi connectivity index (χ4v) is 2.43. The normalized spacial score (nSPS) is 19.2. The molecule has 0 aliphatic carbocycles. The summed E-state index contributed by atoms with van der Waals surface area (Å²) in [5, 5.41) is 29.3. The monoisotopic (exact) mass is 252 g/mol. The number of nitro groups is 1. The van der Waals surface area contributed by atoms with E-state index in [1.54, 1.807) is 6.07 Å². The van der Waals surface area contributed by atoms with Crippen molar-refractivity contribution < 1.29 is 15.1 Å². The van der Waals surface area contributed by atoms with Crippen LogP contribution in [0.15, 0.2) is 18.2 Å². The van der Waals surface area contributed by atoms with Crippen LogP contribution in [-0.2, 0) is 6.61 Å². The minimum absolute atomic E-state index is 0.0254. The first-order valence-corrected chi connectivity index (χ1v) is 5.93. The summed E-state index contributed by atoms with van der Waals surface area (Å²) in [7, 11) is 0. The number of rotatable bonds is 4. The van der Waals surface area contributed by atoms with Gasteiger partial charge in [0.15, 0.2) is 0 Å². The zero-order chi connectivity index (χ0) is 13.1. The number of non-ortho nitro benzene ring substituents is 1. The zero-order valence-electron chi connectivity index (χ0n) is 9.95. The Balaban J connectivity index is 2.35. The Hall–Kier alpha value is -1.66. The Morgan fingerprint density at radius 2 is 2.22 bits per heavy atom. The highest BCUT2D eigenvalue weighted by molar-refractivity contribution is 5.59. The lowest BCUT2D eigenvalue weighted by molar-refractivity contribution is -0.384. The molecule has 1 atom stereocenters. The third-order valence-corrected chi connectivity index (χ3v) is 3.34. The van der Waals surface area contributed by atoms with Crippen molar-refractivity contribution in [3.05, 3.63) is 33.9 Å². The fraction of sp³-hybridized carbons (Fsp3) is 0.500. The number of benzene rings is 1. The number of anilines is 1. The van der Waals surface area contributed by atoms with Crippen LogP contribution in [0.5, 0.6) is 0 Å². The topological polar surface area (TPSA) is 86.8 Å². The third kappa shape index (κ3) is 2.30. The molecule has 1 fully saturated rings. The average molecular weight is 252 g/mol. The van der Waals surface area contributed by atoms with Crippen LogP contribution in [0.1, 0.15) is 18.4 Å². The highest BCUT2D eigenvalue weighted by Crippen LogP contribution is 2.31. The molecule has 98 valence electrons. The molecule has 1 unspecified atom stereocenters. The molecule has 18 heavy (non-hydrogen) atoms. The molecule has 0 amide bonds. The number of aliphatic hydroxyl groups is 2. The van der Waals surface area contributed by atoms with E-state index in [0.29, 0.717) is 5.56 Å². The minimum Gasteiger partial charge on any atom is -0.394 e. The lowest BCUT2D eigenvalue weighted by Crippen LogP contribution is -2.32. The van der Waals surface area contributed by atoms with Crippen LogP contribution in [0.25, 0.3) is 0 Å².